The van der Waals surface area contributed by atoms with Crippen LogP contribution >= 0.6 is 0 Å². The van der Waals surface area contributed by atoms with Gasteiger partial charge in [0.05, 0.1) is 23.9 Å². The maximum absolute atomic E-state index is 13.0. The van der Waals surface area contributed by atoms with Crippen molar-refractivity contribution in [2.45, 2.75) is 13.1 Å². The van der Waals surface area contributed by atoms with E-state index in [0.29, 0.717) is 23.7 Å². The highest BCUT2D eigenvalue weighted by atomic mass is 19.4. The van der Waals surface area contributed by atoms with Crippen LogP contribution in [0.3, 0.4) is 0 Å². The van der Waals surface area contributed by atoms with Crippen LogP contribution in [0.15, 0.2) is 60.8 Å². The predicted octanol–water partition coefficient (Wildman–Crippen LogP) is 4.41. The maximum Gasteiger partial charge on any atom is 0.416 e. The second-order valence-electron chi connectivity index (χ2n) is 6.85. The lowest BCUT2D eigenvalue weighted by Gasteiger charge is -2.14. The average molecular weight is 474 g/mol. The van der Waals surface area contributed by atoms with Crippen LogP contribution in [0, 0.1) is 0 Å². The highest BCUT2D eigenvalue weighted by Gasteiger charge is 2.32. The molecule has 0 aliphatic rings. The van der Waals surface area contributed by atoms with Crippen molar-refractivity contribution in [2.24, 2.45) is 0 Å². The molecule has 0 radical (unpaired) electrons. The minimum Gasteiger partial charge on any atom is -0.496 e. The van der Waals surface area contributed by atoms with E-state index in [1.54, 1.807) is 37.3 Å². The summed E-state index contributed by atoms with van der Waals surface area (Å²) in [5.74, 6) is -0.273. The molecule has 0 bridgehead atoms. The number of anilines is 1. The van der Waals surface area contributed by atoms with Crippen LogP contribution in [0.1, 0.15) is 33.3 Å². The number of rotatable bonds is 8. The van der Waals surface area contributed by atoms with Gasteiger partial charge in [0, 0.05) is 18.8 Å². The number of amides is 2. The van der Waals surface area contributed by atoms with E-state index in [1.807, 2.05) is 0 Å². The van der Waals surface area contributed by atoms with Crippen LogP contribution < -0.4 is 25.6 Å². The van der Waals surface area contributed by atoms with Gasteiger partial charge in [-0.25, -0.2) is 0 Å². The molecule has 0 saturated heterocycles. The lowest BCUT2D eigenvalue weighted by atomic mass is 10.1. The fourth-order valence-electron chi connectivity index (χ4n) is 2.85. The Kier molecular flexibility index (Phi) is 7.57. The minimum absolute atomic E-state index is 0.000358. The van der Waals surface area contributed by atoms with Gasteiger partial charge in [-0.3, -0.25) is 25.4 Å². The number of nitrogens with zero attached hydrogens (tertiary/aromatic N) is 1. The predicted molar refractivity (Wildman–Crippen MR) is 118 cm³/mol. The summed E-state index contributed by atoms with van der Waals surface area (Å²) >= 11 is 0. The third kappa shape index (κ3) is 6.15. The molecule has 178 valence electrons. The summed E-state index contributed by atoms with van der Waals surface area (Å²) in [7, 11) is 1.26. The Bertz CT molecular complexity index is 1170. The first-order chi connectivity index (χ1) is 16.2. The van der Waals surface area contributed by atoms with Crippen LogP contribution in [0.5, 0.6) is 17.2 Å². The van der Waals surface area contributed by atoms with E-state index in [9.17, 15) is 22.8 Å². The molecule has 0 spiro atoms. The van der Waals surface area contributed by atoms with Gasteiger partial charge < -0.3 is 14.8 Å². The highest BCUT2D eigenvalue weighted by Crippen LogP contribution is 2.32. The molecule has 3 rings (SSSR count). The smallest absolute Gasteiger partial charge is 0.416 e. The van der Waals surface area contributed by atoms with Crippen molar-refractivity contribution < 1.29 is 32.2 Å². The first-order valence-electron chi connectivity index (χ1n) is 10.0. The van der Waals surface area contributed by atoms with Crippen molar-refractivity contribution in [2.75, 3.05) is 19.1 Å². The Morgan fingerprint density at radius 3 is 2.35 bits per heavy atom. The number of carbonyl (C=O) groups is 2. The second-order valence-corrected chi connectivity index (χ2v) is 6.85. The number of methoxy groups -OCH3 is 1. The zero-order valence-electron chi connectivity index (χ0n) is 18.2. The topological polar surface area (TPSA) is 102 Å². The quantitative estimate of drug-likeness (QED) is 0.418. The van der Waals surface area contributed by atoms with Crippen molar-refractivity contribution in [3.63, 3.8) is 0 Å². The number of carbonyl (C=O) groups excluding carboxylic acids is 2. The molecule has 8 nitrogen and oxygen atoms in total. The molecule has 3 N–H and O–H groups in total. The van der Waals surface area contributed by atoms with E-state index in [2.05, 4.69) is 21.2 Å². The molecule has 0 atom stereocenters. The van der Waals surface area contributed by atoms with Crippen molar-refractivity contribution >= 4 is 17.5 Å². The Morgan fingerprint density at radius 2 is 1.71 bits per heavy atom. The van der Waals surface area contributed by atoms with E-state index in [4.69, 9.17) is 9.47 Å². The lowest BCUT2D eigenvalue weighted by Crippen LogP contribution is -2.30. The number of benzene rings is 2. The third-order valence-corrected chi connectivity index (χ3v) is 4.48. The van der Waals surface area contributed by atoms with Crippen LogP contribution in [-0.4, -0.2) is 30.5 Å². The second kappa shape index (κ2) is 10.6. The molecule has 0 fully saturated rings. The summed E-state index contributed by atoms with van der Waals surface area (Å²) in [4.78, 5) is 28.3. The number of hydrogen-bond donors (Lipinski definition) is 3. The number of hydrazine groups is 1. The minimum atomic E-state index is -4.60. The normalized spacial score (nSPS) is 10.9. The third-order valence-electron chi connectivity index (χ3n) is 4.48. The van der Waals surface area contributed by atoms with Crippen LogP contribution in [0.25, 0.3) is 0 Å². The Labute approximate surface area is 193 Å². The van der Waals surface area contributed by atoms with Crippen LogP contribution in [0.4, 0.5) is 18.9 Å². The molecule has 3 aromatic rings. The van der Waals surface area contributed by atoms with Crippen molar-refractivity contribution in [3.8, 4) is 17.2 Å². The van der Waals surface area contributed by atoms with E-state index in [0.717, 1.165) is 18.2 Å². The highest BCUT2D eigenvalue weighted by molar-refractivity contribution is 5.97. The van der Waals surface area contributed by atoms with Gasteiger partial charge in [-0.2, -0.15) is 13.2 Å². The number of hydrogen-bond acceptors (Lipinski definition) is 6. The standard InChI is InChI=1S/C23H21F3N4O4/c1-3-27-22(32)19-13-17(10-11-28-19)34-16-7-5-15(6-8-16)29-30-21(31)18-12-14(23(24,25)26)4-9-20(18)33-2/h4-13,29H,3H2,1-2H3,(H,27,32)(H,30,31). The van der Waals surface area contributed by atoms with E-state index < -0.39 is 17.6 Å². The van der Waals surface area contributed by atoms with Crippen molar-refractivity contribution in [1.29, 1.82) is 0 Å². The van der Waals surface area contributed by atoms with E-state index in [-0.39, 0.29) is 22.9 Å². The van der Waals surface area contributed by atoms with Gasteiger partial charge in [0.1, 0.15) is 22.9 Å². The monoisotopic (exact) mass is 474 g/mol. The molecule has 2 amide bonds. The van der Waals surface area contributed by atoms with Gasteiger partial charge in [-0.05, 0) is 55.5 Å². The lowest BCUT2D eigenvalue weighted by molar-refractivity contribution is -0.137. The zero-order chi connectivity index (χ0) is 24.7. The Hall–Kier alpha value is -4.28. The molecule has 2 aromatic carbocycles. The molecular weight excluding hydrogens is 453 g/mol. The first-order valence-corrected chi connectivity index (χ1v) is 10.0. The fourth-order valence-corrected chi connectivity index (χ4v) is 2.85. The SMILES string of the molecule is CCNC(=O)c1cc(Oc2ccc(NNC(=O)c3cc(C(F)(F)F)ccc3OC)cc2)ccn1. The number of alkyl halides is 3. The largest absolute Gasteiger partial charge is 0.496 e. The van der Waals surface area contributed by atoms with Crippen molar-refractivity contribution in [1.82, 2.24) is 15.7 Å². The number of nitrogens with one attached hydrogen (secondary N) is 3. The summed E-state index contributed by atoms with van der Waals surface area (Å²) in [6.07, 6.45) is -3.15. The fraction of sp³-hybridized carbons (Fsp3) is 0.174. The molecule has 1 heterocycles. The Morgan fingerprint density at radius 1 is 0.971 bits per heavy atom. The van der Waals surface area contributed by atoms with Gasteiger partial charge in [0.15, 0.2) is 0 Å². The summed E-state index contributed by atoms with van der Waals surface area (Å²) in [6, 6.07) is 12.1. The maximum atomic E-state index is 13.0. The number of halogens is 3. The van der Waals surface area contributed by atoms with Gasteiger partial charge in [0.2, 0.25) is 0 Å². The average Bonchev–Trinajstić information content (AvgIpc) is 2.82. The summed E-state index contributed by atoms with van der Waals surface area (Å²) in [6.45, 7) is 2.27. The molecule has 0 saturated carbocycles. The molecule has 0 aliphatic heterocycles. The number of pyridine rings is 1. The summed E-state index contributed by atoms with van der Waals surface area (Å²) in [5, 5.41) is 2.65. The zero-order valence-corrected chi connectivity index (χ0v) is 18.2. The van der Waals surface area contributed by atoms with Gasteiger partial charge >= 0.3 is 6.18 Å². The molecule has 11 heteroatoms. The number of ether oxygens (including phenoxy) is 2. The van der Waals surface area contributed by atoms with Crippen LogP contribution in [-0.2, 0) is 6.18 Å². The van der Waals surface area contributed by atoms with Crippen LogP contribution in [0.2, 0.25) is 0 Å². The Balaban J connectivity index is 1.64. The first kappa shape index (κ1) is 24.4. The number of aromatic nitrogens is 1. The van der Waals surface area contributed by atoms with E-state index >= 15 is 0 Å². The van der Waals surface area contributed by atoms with E-state index in [1.165, 1.54) is 19.4 Å². The molecule has 1 aromatic heterocycles. The van der Waals surface area contributed by atoms with Gasteiger partial charge in [-0.1, -0.05) is 0 Å². The van der Waals surface area contributed by atoms with Gasteiger partial charge in [0.25, 0.3) is 11.8 Å². The molecule has 34 heavy (non-hydrogen) atoms. The summed E-state index contributed by atoms with van der Waals surface area (Å²) < 4.78 is 49.7. The molecular formula is C23H21F3N4O4. The summed E-state index contributed by atoms with van der Waals surface area (Å²) in [5.41, 5.74) is 4.39. The van der Waals surface area contributed by atoms with Gasteiger partial charge in [-0.15, -0.1) is 0 Å². The molecule has 0 unspecified atom stereocenters. The molecule has 0 aliphatic carbocycles. The van der Waals surface area contributed by atoms with Crippen molar-refractivity contribution in [3.05, 3.63) is 77.6 Å².